The van der Waals surface area contributed by atoms with Gasteiger partial charge in [0.05, 0.1) is 11.4 Å². The van der Waals surface area contributed by atoms with Crippen molar-refractivity contribution in [3.05, 3.63) is 24.0 Å². The van der Waals surface area contributed by atoms with E-state index < -0.39 is 0 Å². The first kappa shape index (κ1) is 14.0. The molecular formula is C17H22FN3O. The van der Waals surface area contributed by atoms with Gasteiger partial charge in [-0.15, -0.1) is 0 Å². The number of carbonyl (C=O) groups is 1. The largest absolute Gasteiger partial charge is 0.371 e. The maximum Gasteiger partial charge on any atom is 0.230 e. The summed E-state index contributed by atoms with van der Waals surface area (Å²) in [5.41, 5.74) is 1.92. The molecule has 1 aromatic rings. The summed E-state index contributed by atoms with van der Waals surface area (Å²) in [4.78, 5) is 16.9. The van der Waals surface area contributed by atoms with Crippen molar-refractivity contribution in [3.63, 3.8) is 0 Å². The van der Waals surface area contributed by atoms with Gasteiger partial charge in [0.2, 0.25) is 5.91 Å². The van der Waals surface area contributed by atoms with Gasteiger partial charge in [0.1, 0.15) is 5.82 Å². The molecule has 118 valence electrons. The molecule has 22 heavy (non-hydrogen) atoms. The van der Waals surface area contributed by atoms with E-state index in [1.807, 2.05) is 16.8 Å². The zero-order valence-electron chi connectivity index (χ0n) is 12.9. The molecule has 1 saturated carbocycles. The SMILES string of the molecule is CN1CCN(C(=O)C2CC23CCNCC3)c2ccc(F)cc21. The van der Waals surface area contributed by atoms with Crippen LogP contribution in [0.15, 0.2) is 18.2 Å². The van der Waals surface area contributed by atoms with Crippen molar-refractivity contribution in [2.75, 3.05) is 43.0 Å². The average molecular weight is 303 g/mol. The highest BCUT2D eigenvalue weighted by atomic mass is 19.1. The molecule has 1 aliphatic carbocycles. The van der Waals surface area contributed by atoms with Gasteiger partial charge >= 0.3 is 0 Å². The van der Waals surface area contributed by atoms with E-state index in [1.54, 1.807) is 6.07 Å². The molecule has 0 aromatic heterocycles. The minimum Gasteiger partial charge on any atom is -0.371 e. The van der Waals surface area contributed by atoms with Gasteiger partial charge in [-0.25, -0.2) is 4.39 Å². The van der Waals surface area contributed by atoms with E-state index in [-0.39, 0.29) is 23.1 Å². The second kappa shape index (κ2) is 4.95. The number of nitrogens with one attached hydrogen (secondary N) is 1. The Kier molecular flexibility index (Phi) is 3.15. The quantitative estimate of drug-likeness (QED) is 0.862. The fourth-order valence-electron chi connectivity index (χ4n) is 4.11. The summed E-state index contributed by atoms with van der Waals surface area (Å²) in [5, 5.41) is 3.37. The lowest BCUT2D eigenvalue weighted by Crippen LogP contribution is -2.44. The zero-order chi connectivity index (χ0) is 15.3. The summed E-state index contributed by atoms with van der Waals surface area (Å²) in [6.45, 7) is 3.49. The fraction of sp³-hybridized carbons (Fsp3) is 0.588. The van der Waals surface area contributed by atoms with Crippen molar-refractivity contribution in [2.45, 2.75) is 19.3 Å². The summed E-state index contributed by atoms with van der Waals surface area (Å²) < 4.78 is 13.5. The maximum atomic E-state index is 13.5. The van der Waals surface area contributed by atoms with Gasteiger partial charge in [-0.1, -0.05) is 0 Å². The summed E-state index contributed by atoms with van der Waals surface area (Å²) in [5.74, 6) is 0.153. The van der Waals surface area contributed by atoms with E-state index in [1.165, 1.54) is 12.1 Å². The number of piperidine rings is 1. The Morgan fingerprint density at radius 3 is 2.82 bits per heavy atom. The zero-order valence-corrected chi connectivity index (χ0v) is 12.9. The Morgan fingerprint density at radius 1 is 1.27 bits per heavy atom. The van der Waals surface area contributed by atoms with E-state index >= 15 is 0 Å². The lowest BCUT2D eigenvalue weighted by molar-refractivity contribution is -0.120. The average Bonchev–Trinajstić information content (AvgIpc) is 3.21. The standard InChI is InChI=1S/C17H22FN3O/c1-20-8-9-21(14-3-2-12(18)10-15(14)20)16(22)13-11-17(13)4-6-19-7-5-17/h2-3,10,13,19H,4-9,11H2,1H3. The van der Waals surface area contributed by atoms with Crippen molar-refractivity contribution in [1.82, 2.24) is 5.32 Å². The van der Waals surface area contributed by atoms with Crippen LogP contribution in [0.25, 0.3) is 0 Å². The third-order valence-electron chi connectivity index (χ3n) is 5.65. The molecule has 1 spiro atoms. The van der Waals surface area contributed by atoms with Gasteiger partial charge in [0, 0.05) is 26.1 Å². The molecule has 5 heteroatoms. The monoisotopic (exact) mass is 303 g/mol. The number of amides is 1. The van der Waals surface area contributed by atoms with E-state index in [2.05, 4.69) is 5.32 Å². The number of anilines is 2. The molecule has 3 aliphatic rings. The highest BCUT2D eigenvalue weighted by Crippen LogP contribution is 2.59. The van der Waals surface area contributed by atoms with Gasteiger partial charge in [0.15, 0.2) is 0 Å². The number of hydrogen-bond acceptors (Lipinski definition) is 3. The van der Waals surface area contributed by atoms with Crippen LogP contribution in [0.3, 0.4) is 0 Å². The van der Waals surface area contributed by atoms with Crippen molar-refractivity contribution in [3.8, 4) is 0 Å². The lowest BCUT2D eigenvalue weighted by Gasteiger charge is -2.36. The van der Waals surface area contributed by atoms with Gasteiger partial charge in [-0.3, -0.25) is 4.79 Å². The first-order valence-electron chi connectivity index (χ1n) is 8.13. The second-order valence-corrected chi connectivity index (χ2v) is 6.91. The molecular weight excluding hydrogens is 281 g/mol. The summed E-state index contributed by atoms with van der Waals surface area (Å²) in [7, 11) is 1.95. The third kappa shape index (κ3) is 2.10. The number of benzene rings is 1. The van der Waals surface area contributed by atoms with Crippen LogP contribution in [0, 0.1) is 17.2 Å². The predicted molar refractivity (Wildman–Crippen MR) is 84.7 cm³/mol. The van der Waals surface area contributed by atoms with Crippen LogP contribution >= 0.6 is 0 Å². The first-order chi connectivity index (χ1) is 10.6. The van der Waals surface area contributed by atoms with Crippen molar-refractivity contribution in [2.24, 2.45) is 11.3 Å². The van der Waals surface area contributed by atoms with Gasteiger partial charge in [0.25, 0.3) is 0 Å². The van der Waals surface area contributed by atoms with Crippen LogP contribution in [0.4, 0.5) is 15.8 Å². The summed E-state index contributed by atoms with van der Waals surface area (Å²) in [6, 6.07) is 4.73. The van der Waals surface area contributed by atoms with Crippen LogP contribution in [0.1, 0.15) is 19.3 Å². The Bertz CT molecular complexity index is 612. The van der Waals surface area contributed by atoms with E-state index in [4.69, 9.17) is 0 Å². The third-order valence-corrected chi connectivity index (χ3v) is 5.65. The number of likely N-dealkylation sites (N-methyl/N-ethyl adjacent to an activating group) is 1. The van der Waals surface area contributed by atoms with Gasteiger partial charge in [-0.05, 0) is 56.0 Å². The topological polar surface area (TPSA) is 35.6 Å². The van der Waals surface area contributed by atoms with E-state index in [9.17, 15) is 9.18 Å². The van der Waals surface area contributed by atoms with Crippen LogP contribution < -0.4 is 15.1 Å². The molecule has 0 radical (unpaired) electrons. The molecule has 4 rings (SSSR count). The Hall–Kier alpha value is -1.62. The number of hydrogen-bond donors (Lipinski definition) is 1. The number of fused-ring (bicyclic) bond motifs is 1. The molecule has 2 heterocycles. The normalized spacial score (nSPS) is 26.0. The molecule has 4 nitrogen and oxygen atoms in total. The van der Waals surface area contributed by atoms with Crippen molar-refractivity contribution >= 4 is 17.3 Å². The van der Waals surface area contributed by atoms with Crippen LogP contribution in [0.5, 0.6) is 0 Å². The molecule has 0 bridgehead atoms. The Labute approximate surface area is 130 Å². The molecule has 1 atom stereocenters. The van der Waals surface area contributed by atoms with Crippen molar-refractivity contribution < 1.29 is 9.18 Å². The second-order valence-electron chi connectivity index (χ2n) is 6.91. The van der Waals surface area contributed by atoms with Gasteiger partial charge in [-0.2, -0.15) is 0 Å². The van der Waals surface area contributed by atoms with E-state index in [0.717, 1.165) is 50.3 Å². The molecule has 2 fully saturated rings. The fourth-order valence-corrected chi connectivity index (χ4v) is 4.11. The smallest absolute Gasteiger partial charge is 0.230 e. The Balaban J connectivity index is 1.59. The number of halogens is 1. The molecule has 1 unspecified atom stereocenters. The maximum absolute atomic E-state index is 13.5. The van der Waals surface area contributed by atoms with Gasteiger partial charge < -0.3 is 15.1 Å². The van der Waals surface area contributed by atoms with Crippen molar-refractivity contribution in [1.29, 1.82) is 0 Å². The molecule has 1 amide bonds. The number of nitrogens with zero attached hydrogens (tertiary/aromatic N) is 2. The predicted octanol–water partition coefficient (Wildman–Crippen LogP) is 2.00. The highest BCUT2D eigenvalue weighted by molar-refractivity contribution is 6.01. The van der Waals surface area contributed by atoms with Crippen LogP contribution in [-0.4, -0.2) is 39.1 Å². The summed E-state index contributed by atoms with van der Waals surface area (Å²) >= 11 is 0. The van der Waals surface area contributed by atoms with Crippen LogP contribution in [0.2, 0.25) is 0 Å². The number of carbonyl (C=O) groups excluding carboxylic acids is 1. The summed E-state index contributed by atoms with van der Waals surface area (Å²) in [6.07, 6.45) is 3.23. The molecule has 1 aromatic carbocycles. The molecule has 1 saturated heterocycles. The Morgan fingerprint density at radius 2 is 2.05 bits per heavy atom. The molecule has 2 aliphatic heterocycles. The lowest BCUT2D eigenvalue weighted by atomic mass is 9.91. The first-order valence-corrected chi connectivity index (χ1v) is 8.13. The molecule has 1 N–H and O–H groups in total. The van der Waals surface area contributed by atoms with Crippen LogP contribution in [-0.2, 0) is 4.79 Å². The minimum atomic E-state index is -0.249. The van der Waals surface area contributed by atoms with E-state index in [0.29, 0.717) is 6.54 Å². The highest BCUT2D eigenvalue weighted by Gasteiger charge is 2.58. The minimum absolute atomic E-state index is 0.163. The number of rotatable bonds is 1.